The first-order valence-electron chi connectivity index (χ1n) is 24.4. The number of benzene rings is 11. The molecule has 0 aliphatic heterocycles. The molecule has 0 saturated carbocycles. The van der Waals surface area contributed by atoms with E-state index in [2.05, 4.69) is 241 Å². The summed E-state index contributed by atoms with van der Waals surface area (Å²) in [4.78, 5) is 16.0. The molecule has 0 saturated heterocycles. The summed E-state index contributed by atoms with van der Waals surface area (Å²) in [5.74, 6) is 1.83. The van der Waals surface area contributed by atoms with Gasteiger partial charge in [-0.1, -0.05) is 182 Å². The molecule has 4 aromatic heterocycles. The van der Waals surface area contributed by atoms with E-state index in [4.69, 9.17) is 19.4 Å². The molecule has 0 aliphatic carbocycles. The molecule has 0 spiro atoms. The topological polar surface area (TPSA) is 56.2 Å². The van der Waals surface area contributed by atoms with Crippen LogP contribution in [0.15, 0.2) is 247 Å². The van der Waals surface area contributed by atoms with Crippen molar-refractivity contribution in [2.75, 3.05) is 0 Å². The molecule has 0 unspecified atom stereocenters. The highest BCUT2D eigenvalue weighted by Crippen LogP contribution is 2.45. The second kappa shape index (κ2) is 15.9. The van der Waals surface area contributed by atoms with Crippen molar-refractivity contribution in [1.29, 1.82) is 0 Å². The van der Waals surface area contributed by atoms with Crippen LogP contribution in [0.25, 0.3) is 149 Å². The second-order valence-electron chi connectivity index (χ2n) is 18.7. The third-order valence-corrected chi connectivity index (χ3v) is 14.5. The summed E-state index contributed by atoms with van der Waals surface area (Å²) >= 11 is 0. The van der Waals surface area contributed by atoms with Crippen LogP contribution in [0.4, 0.5) is 0 Å². The Morgan fingerprint density at radius 3 is 1.56 bits per heavy atom. The van der Waals surface area contributed by atoms with Gasteiger partial charge in [-0.05, 0) is 121 Å². The minimum atomic E-state index is 0.605. The first-order valence-corrected chi connectivity index (χ1v) is 24.4. The highest BCUT2D eigenvalue weighted by atomic mass is 16.3. The van der Waals surface area contributed by atoms with E-state index in [1.807, 2.05) is 6.07 Å². The van der Waals surface area contributed by atoms with Crippen molar-refractivity contribution in [2.45, 2.75) is 0 Å². The number of aromatic nitrogens is 4. The minimum Gasteiger partial charge on any atom is -0.456 e. The summed E-state index contributed by atoms with van der Waals surface area (Å²) in [6.45, 7) is 0. The number of para-hydroxylation sites is 1. The van der Waals surface area contributed by atoms with Gasteiger partial charge in [0.05, 0.1) is 21.9 Å². The molecule has 5 heteroatoms. The molecule has 0 N–H and O–H groups in total. The first kappa shape index (κ1) is 40.2. The van der Waals surface area contributed by atoms with Gasteiger partial charge in [0.15, 0.2) is 17.5 Å². The van der Waals surface area contributed by atoms with Gasteiger partial charge in [-0.25, -0.2) is 15.0 Å². The van der Waals surface area contributed by atoms with Crippen LogP contribution in [0.3, 0.4) is 0 Å². The standard InChI is InChI=1S/C67H40N4O/c1-4-15-41(16-5-1)44-21-12-23-48(36-44)65-68-66(51-38-49(42-17-6-2-7-18-42)37-50(39-51)43-19-8-3-9-20-43)70-67(69-65)57-26-13-22-47-35-45(29-31-52(47)57)46-30-32-54-55-25-14-28-60-62(55)63-61(72-60)34-33-56-53-24-10-11-27-58(53)71(64(56)63)59(54)40-46/h1-40H. The van der Waals surface area contributed by atoms with Gasteiger partial charge < -0.3 is 8.82 Å². The monoisotopic (exact) mass is 916 g/mol. The van der Waals surface area contributed by atoms with Crippen LogP contribution in [-0.4, -0.2) is 19.4 Å². The van der Waals surface area contributed by atoms with Crippen molar-refractivity contribution in [3.05, 3.63) is 243 Å². The Labute approximate surface area is 413 Å². The normalized spacial score (nSPS) is 11.9. The number of nitrogens with zero attached hydrogens (tertiary/aromatic N) is 4. The van der Waals surface area contributed by atoms with E-state index in [-0.39, 0.29) is 0 Å². The fourth-order valence-corrected chi connectivity index (χ4v) is 11.2. The molecule has 0 aliphatic rings. The van der Waals surface area contributed by atoms with Crippen molar-refractivity contribution in [3.63, 3.8) is 0 Å². The molecular weight excluding hydrogens is 877 g/mol. The third kappa shape index (κ3) is 6.38. The van der Waals surface area contributed by atoms with Gasteiger partial charge in [0.25, 0.3) is 0 Å². The van der Waals surface area contributed by atoms with Crippen LogP contribution < -0.4 is 0 Å². The molecular formula is C67H40N4O. The number of rotatable bonds is 7. The van der Waals surface area contributed by atoms with E-state index >= 15 is 0 Å². The summed E-state index contributed by atoms with van der Waals surface area (Å²) in [7, 11) is 0. The van der Waals surface area contributed by atoms with Gasteiger partial charge >= 0.3 is 0 Å². The minimum absolute atomic E-state index is 0.605. The van der Waals surface area contributed by atoms with Crippen molar-refractivity contribution < 1.29 is 4.42 Å². The smallest absolute Gasteiger partial charge is 0.164 e. The summed E-state index contributed by atoms with van der Waals surface area (Å²) in [5, 5.41) is 9.30. The SMILES string of the molecule is c1ccc(-c2cccc(-c3nc(-c4cc(-c5ccccc5)cc(-c5ccccc5)c4)nc(-c4cccc5cc(-c6ccc7c8cccc9oc%10ccc%11c%12ccccc%12n(c7c6)c%11c%10c98)ccc45)n3)c2)cc1. The van der Waals surface area contributed by atoms with Crippen molar-refractivity contribution >= 4 is 70.8 Å². The predicted octanol–water partition coefficient (Wildman–Crippen LogP) is 17.7. The molecule has 4 heterocycles. The Bertz CT molecular complexity index is 4560. The van der Waals surface area contributed by atoms with Crippen LogP contribution in [0.1, 0.15) is 0 Å². The Hall–Kier alpha value is -9.71. The van der Waals surface area contributed by atoms with Gasteiger partial charge in [-0.15, -0.1) is 0 Å². The van der Waals surface area contributed by atoms with Crippen LogP contribution in [0.5, 0.6) is 0 Å². The summed E-state index contributed by atoms with van der Waals surface area (Å²) in [6.07, 6.45) is 0. The number of furan rings is 1. The van der Waals surface area contributed by atoms with Crippen LogP contribution in [0, 0.1) is 0 Å². The van der Waals surface area contributed by atoms with Crippen LogP contribution in [-0.2, 0) is 0 Å². The van der Waals surface area contributed by atoms with E-state index in [0.29, 0.717) is 17.5 Å². The molecule has 15 aromatic rings. The van der Waals surface area contributed by atoms with Crippen molar-refractivity contribution in [3.8, 4) is 78.7 Å². The van der Waals surface area contributed by atoms with E-state index in [0.717, 1.165) is 88.7 Å². The molecule has 15 rings (SSSR count). The zero-order valence-electron chi connectivity index (χ0n) is 38.8. The predicted molar refractivity (Wildman–Crippen MR) is 297 cm³/mol. The third-order valence-electron chi connectivity index (χ3n) is 14.5. The second-order valence-corrected chi connectivity index (χ2v) is 18.7. The van der Waals surface area contributed by atoms with E-state index in [9.17, 15) is 0 Å². The van der Waals surface area contributed by atoms with Gasteiger partial charge in [-0.3, -0.25) is 0 Å². The maximum absolute atomic E-state index is 6.51. The zero-order valence-corrected chi connectivity index (χ0v) is 38.8. The van der Waals surface area contributed by atoms with Crippen LogP contribution >= 0.6 is 0 Å². The fourth-order valence-electron chi connectivity index (χ4n) is 11.2. The fraction of sp³-hybridized carbons (Fsp3) is 0. The van der Waals surface area contributed by atoms with E-state index < -0.39 is 0 Å². The molecule has 0 amide bonds. The Morgan fingerprint density at radius 2 is 0.792 bits per heavy atom. The van der Waals surface area contributed by atoms with E-state index in [1.54, 1.807) is 0 Å². The lowest BCUT2D eigenvalue weighted by Gasteiger charge is -2.14. The van der Waals surface area contributed by atoms with Gasteiger partial charge in [0.1, 0.15) is 11.2 Å². The number of fused-ring (bicyclic) bond motifs is 7. The molecule has 5 nitrogen and oxygen atoms in total. The Morgan fingerprint density at radius 1 is 0.278 bits per heavy atom. The van der Waals surface area contributed by atoms with Gasteiger partial charge in [0.2, 0.25) is 0 Å². The molecule has 72 heavy (non-hydrogen) atoms. The van der Waals surface area contributed by atoms with Crippen LogP contribution in [0.2, 0.25) is 0 Å². The zero-order chi connectivity index (χ0) is 47.3. The summed E-state index contributed by atoms with van der Waals surface area (Å²) in [5.41, 5.74) is 17.0. The van der Waals surface area contributed by atoms with Gasteiger partial charge in [-0.2, -0.15) is 0 Å². The quantitative estimate of drug-likeness (QED) is 0.160. The molecule has 0 radical (unpaired) electrons. The molecule has 0 fully saturated rings. The van der Waals surface area contributed by atoms with Crippen molar-refractivity contribution in [1.82, 2.24) is 19.4 Å². The maximum atomic E-state index is 6.51. The average Bonchev–Trinajstić information content (AvgIpc) is 3.97. The van der Waals surface area contributed by atoms with Gasteiger partial charge in [0, 0.05) is 38.2 Å². The summed E-state index contributed by atoms with van der Waals surface area (Å²) < 4.78 is 8.98. The lowest BCUT2D eigenvalue weighted by atomic mass is 9.95. The average molecular weight is 917 g/mol. The molecule has 0 atom stereocenters. The van der Waals surface area contributed by atoms with Crippen molar-refractivity contribution in [2.24, 2.45) is 0 Å². The highest BCUT2D eigenvalue weighted by Gasteiger charge is 2.22. The lowest BCUT2D eigenvalue weighted by Crippen LogP contribution is -2.01. The Balaban J connectivity index is 0.919. The van der Waals surface area contributed by atoms with E-state index in [1.165, 1.54) is 43.4 Å². The summed E-state index contributed by atoms with van der Waals surface area (Å²) in [6, 6.07) is 86.4. The Kier molecular flexibility index (Phi) is 8.89. The molecule has 334 valence electrons. The highest BCUT2D eigenvalue weighted by molar-refractivity contribution is 6.31. The lowest BCUT2D eigenvalue weighted by molar-refractivity contribution is 0.669. The maximum Gasteiger partial charge on any atom is 0.164 e. The number of hydrogen-bond donors (Lipinski definition) is 0. The molecule has 0 bridgehead atoms. The molecule has 11 aromatic carbocycles. The largest absolute Gasteiger partial charge is 0.456 e. The first-order chi connectivity index (χ1) is 35.7. The number of hydrogen-bond acceptors (Lipinski definition) is 4.